The fourth-order valence-electron chi connectivity index (χ4n) is 1.78. The van der Waals surface area contributed by atoms with E-state index >= 15 is 0 Å². The van der Waals surface area contributed by atoms with Crippen LogP contribution in [-0.2, 0) is 24.8 Å². The number of carbonyl (C=O) groups is 1. The molecule has 0 unspecified atom stereocenters. The van der Waals surface area contributed by atoms with Crippen LogP contribution in [0.1, 0.15) is 11.3 Å². The summed E-state index contributed by atoms with van der Waals surface area (Å²) in [6.45, 7) is 2.68. The van der Waals surface area contributed by atoms with Crippen molar-refractivity contribution in [2.45, 2.75) is 25.0 Å². The lowest BCUT2D eigenvalue weighted by Crippen LogP contribution is -2.04. The van der Waals surface area contributed by atoms with Crippen LogP contribution in [0.25, 0.3) is 0 Å². The molecular formula is C12H16N4O2S. The first kappa shape index (κ1) is 13.7. The Hall–Kier alpha value is -1.76. The summed E-state index contributed by atoms with van der Waals surface area (Å²) in [4.78, 5) is 14.9. The standard InChI is InChI=1S/C12H16N4O2S/c1-9-6-16(12(14-9)19-8-11(17)18)4-3-10-5-13-15(2)7-10/h5-7H,3-4,8H2,1-2H3,(H,17,18). The molecule has 0 atom stereocenters. The van der Waals surface area contributed by atoms with E-state index in [0.717, 1.165) is 29.4 Å². The monoisotopic (exact) mass is 280 g/mol. The summed E-state index contributed by atoms with van der Waals surface area (Å²) in [6, 6.07) is 0. The molecule has 7 heteroatoms. The number of aryl methyl sites for hydroxylation is 4. The van der Waals surface area contributed by atoms with Gasteiger partial charge in [0.15, 0.2) is 5.16 Å². The van der Waals surface area contributed by atoms with Crippen molar-refractivity contribution >= 4 is 17.7 Å². The molecule has 102 valence electrons. The van der Waals surface area contributed by atoms with Crippen molar-refractivity contribution in [3.8, 4) is 0 Å². The highest BCUT2D eigenvalue weighted by Crippen LogP contribution is 2.18. The minimum Gasteiger partial charge on any atom is -0.481 e. The van der Waals surface area contributed by atoms with Gasteiger partial charge in [-0.15, -0.1) is 0 Å². The molecule has 0 saturated heterocycles. The first-order valence-corrected chi connectivity index (χ1v) is 6.89. The van der Waals surface area contributed by atoms with Gasteiger partial charge in [-0.3, -0.25) is 9.48 Å². The van der Waals surface area contributed by atoms with Gasteiger partial charge < -0.3 is 9.67 Å². The molecule has 6 nitrogen and oxygen atoms in total. The summed E-state index contributed by atoms with van der Waals surface area (Å²) in [5.41, 5.74) is 2.06. The third-order valence-electron chi connectivity index (χ3n) is 2.58. The average molecular weight is 280 g/mol. The zero-order valence-electron chi connectivity index (χ0n) is 10.9. The maximum absolute atomic E-state index is 10.6. The van der Waals surface area contributed by atoms with Gasteiger partial charge in [0.1, 0.15) is 0 Å². The van der Waals surface area contributed by atoms with Gasteiger partial charge in [-0.25, -0.2) is 4.98 Å². The van der Waals surface area contributed by atoms with E-state index in [4.69, 9.17) is 5.11 Å². The van der Waals surface area contributed by atoms with Gasteiger partial charge in [-0.05, 0) is 18.9 Å². The lowest BCUT2D eigenvalue weighted by molar-refractivity contribution is -0.133. The number of rotatable bonds is 6. The Morgan fingerprint density at radius 3 is 2.89 bits per heavy atom. The Kier molecular flexibility index (Phi) is 4.26. The molecule has 2 aromatic heterocycles. The molecule has 19 heavy (non-hydrogen) atoms. The molecule has 0 aliphatic rings. The van der Waals surface area contributed by atoms with Crippen LogP contribution in [0.3, 0.4) is 0 Å². The minimum absolute atomic E-state index is 0.0311. The summed E-state index contributed by atoms with van der Waals surface area (Å²) in [7, 11) is 1.89. The smallest absolute Gasteiger partial charge is 0.313 e. The van der Waals surface area contributed by atoms with E-state index in [1.54, 1.807) is 4.68 Å². The Morgan fingerprint density at radius 1 is 1.47 bits per heavy atom. The highest BCUT2D eigenvalue weighted by atomic mass is 32.2. The molecule has 0 aromatic carbocycles. The van der Waals surface area contributed by atoms with E-state index in [0.29, 0.717) is 0 Å². The molecule has 0 spiro atoms. The molecule has 0 amide bonds. The molecule has 2 aromatic rings. The van der Waals surface area contributed by atoms with E-state index < -0.39 is 5.97 Å². The highest BCUT2D eigenvalue weighted by Gasteiger charge is 2.09. The summed E-state index contributed by atoms with van der Waals surface area (Å²) in [5.74, 6) is -0.798. The van der Waals surface area contributed by atoms with E-state index in [1.165, 1.54) is 11.8 Å². The number of aromatic nitrogens is 4. The van der Waals surface area contributed by atoms with Gasteiger partial charge in [-0.2, -0.15) is 5.10 Å². The number of nitrogens with zero attached hydrogens (tertiary/aromatic N) is 4. The van der Waals surface area contributed by atoms with E-state index in [1.807, 2.05) is 37.1 Å². The minimum atomic E-state index is -0.829. The molecule has 0 bridgehead atoms. The molecule has 1 N–H and O–H groups in total. The maximum atomic E-state index is 10.6. The van der Waals surface area contributed by atoms with Crippen molar-refractivity contribution < 1.29 is 9.90 Å². The molecule has 0 fully saturated rings. The van der Waals surface area contributed by atoms with Crippen molar-refractivity contribution in [1.29, 1.82) is 0 Å². The van der Waals surface area contributed by atoms with E-state index in [2.05, 4.69) is 10.1 Å². The van der Waals surface area contributed by atoms with Crippen LogP contribution in [0, 0.1) is 6.92 Å². The topological polar surface area (TPSA) is 72.9 Å². The number of hydrogen-bond donors (Lipinski definition) is 1. The van der Waals surface area contributed by atoms with Crippen molar-refractivity contribution in [2.75, 3.05) is 5.75 Å². The number of imidazole rings is 1. The number of hydrogen-bond acceptors (Lipinski definition) is 4. The fraction of sp³-hybridized carbons (Fsp3) is 0.417. The van der Waals surface area contributed by atoms with E-state index in [-0.39, 0.29) is 5.75 Å². The molecule has 2 rings (SSSR count). The first-order valence-electron chi connectivity index (χ1n) is 5.90. The van der Waals surface area contributed by atoms with E-state index in [9.17, 15) is 4.79 Å². The van der Waals surface area contributed by atoms with Gasteiger partial charge in [0.05, 0.1) is 17.6 Å². The molecule has 0 radical (unpaired) electrons. The summed E-state index contributed by atoms with van der Waals surface area (Å²) >= 11 is 1.25. The quantitative estimate of drug-likeness (QED) is 0.808. The zero-order chi connectivity index (χ0) is 13.8. The number of carboxylic acid groups (broad SMARTS) is 1. The van der Waals surface area contributed by atoms with Gasteiger partial charge >= 0.3 is 5.97 Å². The highest BCUT2D eigenvalue weighted by molar-refractivity contribution is 7.99. The number of aliphatic carboxylic acids is 1. The first-order chi connectivity index (χ1) is 9.04. The summed E-state index contributed by atoms with van der Waals surface area (Å²) < 4.78 is 3.77. The van der Waals surface area contributed by atoms with Gasteiger partial charge in [0.25, 0.3) is 0 Å². The molecule has 0 saturated carbocycles. The van der Waals surface area contributed by atoms with Crippen molar-refractivity contribution in [3.63, 3.8) is 0 Å². The lowest BCUT2D eigenvalue weighted by atomic mass is 10.2. The SMILES string of the molecule is Cc1cn(CCc2cnn(C)c2)c(SCC(=O)O)n1. The second-order valence-corrected chi connectivity index (χ2v) is 5.26. The lowest BCUT2D eigenvalue weighted by Gasteiger charge is -2.05. The van der Waals surface area contributed by atoms with Gasteiger partial charge in [0, 0.05) is 26.0 Å². The Labute approximate surface area is 115 Å². The molecule has 0 aliphatic heterocycles. The largest absolute Gasteiger partial charge is 0.481 e. The van der Waals surface area contributed by atoms with Crippen LogP contribution in [-0.4, -0.2) is 36.2 Å². The van der Waals surface area contributed by atoms with Crippen LogP contribution in [0.4, 0.5) is 0 Å². The third kappa shape index (κ3) is 3.85. The predicted octanol–water partition coefficient (Wildman–Crippen LogP) is 1.34. The second-order valence-electron chi connectivity index (χ2n) is 4.31. The van der Waals surface area contributed by atoms with Crippen molar-refractivity contribution in [1.82, 2.24) is 19.3 Å². The third-order valence-corrected chi connectivity index (χ3v) is 3.56. The van der Waals surface area contributed by atoms with Gasteiger partial charge in [-0.1, -0.05) is 11.8 Å². The molecular weight excluding hydrogens is 264 g/mol. The van der Waals surface area contributed by atoms with Crippen LogP contribution < -0.4 is 0 Å². The second kappa shape index (κ2) is 5.92. The molecule has 0 aliphatic carbocycles. The van der Waals surface area contributed by atoms with Crippen LogP contribution in [0.5, 0.6) is 0 Å². The van der Waals surface area contributed by atoms with Crippen molar-refractivity contribution in [2.24, 2.45) is 7.05 Å². The summed E-state index contributed by atoms with van der Waals surface area (Å²) in [5, 5.41) is 13.6. The molecule has 2 heterocycles. The van der Waals surface area contributed by atoms with Crippen LogP contribution >= 0.6 is 11.8 Å². The average Bonchev–Trinajstić information content (AvgIpc) is 2.90. The Bertz CT molecular complexity index is 576. The van der Waals surface area contributed by atoms with Crippen LogP contribution in [0.2, 0.25) is 0 Å². The van der Waals surface area contributed by atoms with Gasteiger partial charge in [0.2, 0.25) is 0 Å². The number of thioether (sulfide) groups is 1. The zero-order valence-corrected chi connectivity index (χ0v) is 11.7. The predicted molar refractivity (Wildman–Crippen MR) is 72.2 cm³/mol. The van der Waals surface area contributed by atoms with Crippen LogP contribution in [0.15, 0.2) is 23.7 Å². The number of carboxylic acids is 1. The Morgan fingerprint density at radius 2 is 2.26 bits per heavy atom. The Balaban J connectivity index is 2.00. The maximum Gasteiger partial charge on any atom is 0.313 e. The normalized spacial score (nSPS) is 10.8. The summed E-state index contributed by atoms with van der Waals surface area (Å²) in [6.07, 6.45) is 6.62. The fourth-order valence-corrected chi connectivity index (χ4v) is 2.55. The van der Waals surface area contributed by atoms with Crippen molar-refractivity contribution in [3.05, 3.63) is 29.8 Å².